The van der Waals surface area contributed by atoms with E-state index in [-0.39, 0.29) is 18.1 Å². The molecule has 0 saturated heterocycles. The zero-order valence-electron chi connectivity index (χ0n) is 16.1. The number of carbonyl (C=O) groups excluding carboxylic acids is 2. The van der Waals surface area contributed by atoms with Gasteiger partial charge in [0.2, 0.25) is 5.91 Å². The molecule has 2 aromatic heterocycles. The quantitative estimate of drug-likeness (QED) is 0.500. The molecule has 9 heteroatoms. The smallest absolute Gasteiger partial charge is 0.348 e. The van der Waals surface area contributed by atoms with E-state index in [0.29, 0.717) is 50.4 Å². The predicted molar refractivity (Wildman–Crippen MR) is 112 cm³/mol. The summed E-state index contributed by atoms with van der Waals surface area (Å²) >= 11 is 2.74. The largest absolute Gasteiger partial charge is 0.462 e. The molecule has 2 aromatic rings. The number of aromatic nitrogens is 2. The Morgan fingerprint density at radius 1 is 1.36 bits per heavy atom. The molecule has 1 saturated carbocycles. The monoisotopic (exact) mass is 423 g/mol. The molecule has 0 aliphatic heterocycles. The van der Waals surface area contributed by atoms with Gasteiger partial charge in [0.1, 0.15) is 15.5 Å². The molecular formula is C19H25N3O4S2. The lowest BCUT2D eigenvalue weighted by Crippen LogP contribution is -2.32. The van der Waals surface area contributed by atoms with Crippen LogP contribution in [0, 0.1) is 6.92 Å². The second-order valence-electron chi connectivity index (χ2n) is 6.82. The topological polar surface area (TPSA) is 101 Å². The predicted octanol–water partition coefficient (Wildman–Crippen LogP) is 3.15. The number of fused-ring (bicyclic) bond motifs is 1. The molecular weight excluding hydrogens is 398 g/mol. The molecule has 1 aliphatic carbocycles. The van der Waals surface area contributed by atoms with E-state index >= 15 is 0 Å². The lowest BCUT2D eigenvalue weighted by atomic mass is 10.2. The number of ether oxygens (including phenoxy) is 1. The van der Waals surface area contributed by atoms with Crippen molar-refractivity contribution in [1.29, 1.82) is 0 Å². The van der Waals surface area contributed by atoms with Gasteiger partial charge >= 0.3 is 5.97 Å². The summed E-state index contributed by atoms with van der Waals surface area (Å²) < 4.78 is 5.05. The van der Waals surface area contributed by atoms with Crippen LogP contribution in [0.25, 0.3) is 10.2 Å². The van der Waals surface area contributed by atoms with Crippen molar-refractivity contribution in [3.8, 4) is 0 Å². The van der Waals surface area contributed by atoms with Gasteiger partial charge in [-0.1, -0.05) is 12.8 Å². The number of esters is 1. The molecule has 7 nitrogen and oxygen atoms in total. The first-order valence-corrected chi connectivity index (χ1v) is 11.5. The number of H-pyrrole nitrogens is 1. The first-order valence-electron chi connectivity index (χ1n) is 9.56. The van der Waals surface area contributed by atoms with Crippen molar-refractivity contribution < 1.29 is 14.3 Å². The van der Waals surface area contributed by atoms with Crippen LogP contribution < -0.4 is 10.9 Å². The van der Waals surface area contributed by atoms with Gasteiger partial charge in [0, 0.05) is 18.2 Å². The summed E-state index contributed by atoms with van der Waals surface area (Å²) in [6.07, 6.45) is 5.01. The fourth-order valence-electron chi connectivity index (χ4n) is 3.35. The van der Waals surface area contributed by atoms with E-state index in [1.807, 2.05) is 0 Å². The zero-order valence-corrected chi connectivity index (χ0v) is 17.8. The zero-order chi connectivity index (χ0) is 20.1. The summed E-state index contributed by atoms with van der Waals surface area (Å²) in [5.41, 5.74) is 0.360. The van der Waals surface area contributed by atoms with Crippen LogP contribution in [0.15, 0.2) is 4.79 Å². The Hall–Kier alpha value is -1.87. The van der Waals surface area contributed by atoms with Crippen LogP contribution in [-0.2, 0) is 15.3 Å². The molecule has 0 atom stereocenters. The number of nitrogens with zero attached hydrogens (tertiary/aromatic N) is 1. The molecule has 0 spiro atoms. The minimum Gasteiger partial charge on any atom is -0.462 e. The summed E-state index contributed by atoms with van der Waals surface area (Å²) in [5, 5.41) is 3.52. The number of aryl methyl sites for hydroxylation is 1. The van der Waals surface area contributed by atoms with Crippen molar-refractivity contribution in [3.63, 3.8) is 0 Å². The third kappa shape index (κ3) is 4.94. The van der Waals surface area contributed by atoms with Crippen LogP contribution in [-0.4, -0.2) is 40.2 Å². The van der Waals surface area contributed by atoms with Crippen molar-refractivity contribution in [3.05, 3.63) is 26.6 Å². The van der Waals surface area contributed by atoms with E-state index in [1.165, 1.54) is 24.2 Å². The highest BCUT2D eigenvalue weighted by Crippen LogP contribution is 2.28. The van der Waals surface area contributed by atoms with Gasteiger partial charge in [0.05, 0.1) is 17.7 Å². The van der Waals surface area contributed by atoms with Gasteiger partial charge in [0.25, 0.3) is 5.56 Å². The Balaban J connectivity index is 1.58. The van der Waals surface area contributed by atoms with Gasteiger partial charge in [-0.05, 0) is 32.3 Å². The van der Waals surface area contributed by atoms with Crippen LogP contribution in [0.2, 0.25) is 0 Å². The van der Waals surface area contributed by atoms with Crippen molar-refractivity contribution >= 4 is 45.2 Å². The van der Waals surface area contributed by atoms with Gasteiger partial charge < -0.3 is 15.0 Å². The molecule has 2 N–H and O–H groups in total. The Morgan fingerprint density at radius 3 is 2.82 bits per heavy atom. The third-order valence-corrected chi connectivity index (χ3v) is 6.88. The first kappa shape index (κ1) is 20.9. The summed E-state index contributed by atoms with van der Waals surface area (Å²) in [5.74, 6) is 1.39. The van der Waals surface area contributed by atoms with Gasteiger partial charge in [-0.3, -0.25) is 9.59 Å². The average Bonchev–Trinajstić information content (AvgIpc) is 3.27. The molecule has 1 amide bonds. The fourth-order valence-corrected chi connectivity index (χ4v) is 5.25. The summed E-state index contributed by atoms with van der Waals surface area (Å²) in [4.78, 5) is 44.7. The highest BCUT2D eigenvalue weighted by molar-refractivity contribution is 7.98. The Kier molecular flexibility index (Phi) is 7.12. The molecule has 2 heterocycles. The van der Waals surface area contributed by atoms with Crippen molar-refractivity contribution in [2.45, 2.75) is 57.7 Å². The van der Waals surface area contributed by atoms with Crippen LogP contribution in [0.1, 0.15) is 60.1 Å². The third-order valence-electron chi connectivity index (χ3n) is 4.74. The molecule has 0 aromatic carbocycles. The van der Waals surface area contributed by atoms with Crippen LogP contribution in [0.5, 0.6) is 0 Å². The van der Waals surface area contributed by atoms with Crippen molar-refractivity contribution in [1.82, 2.24) is 15.3 Å². The molecule has 28 heavy (non-hydrogen) atoms. The van der Waals surface area contributed by atoms with E-state index in [9.17, 15) is 14.4 Å². The minimum absolute atomic E-state index is 0.0873. The highest BCUT2D eigenvalue weighted by Gasteiger charge is 2.20. The van der Waals surface area contributed by atoms with Crippen LogP contribution in [0.4, 0.5) is 0 Å². The number of hydrogen-bond acceptors (Lipinski definition) is 7. The standard InChI is InChI=1S/C19H25N3O4S2/c1-3-26-19(25)16-11(2)15-17(24)21-13(22-18(15)28-16)10-27-9-8-14(23)20-12-6-4-5-7-12/h12H,3-10H2,1-2H3,(H,20,23)(H,21,22,24). The number of thioether (sulfide) groups is 1. The molecule has 3 rings (SSSR count). The van der Waals surface area contributed by atoms with E-state index < -0.39 is 5.97 Å². The summed E-state index contributed by atoms with van der Waals surface area (Å²) in [6.45, 7) is 3.76. The maximum absolute atomic E-state index is 12.4. The lowest BCUT2D eigenvalue weighted by molar-refractivity contribution is -0.121. The average molecular weight is 424 g/mol. The van der Waals surface area contributed by atoms with E-state index in [2.05, 4.69) is 15.3 Å². The van der Waals surface area contributed by atoms with Crippen LogP contribution in [0.3, 0.4) is 0 Å². The molecule has 1 fully saturated rings. The summed E-state index contributed by atoms with van der Waals surface area (Å²) in [6, 6.07) is 0.341. The Labute approximate surface area is 171 Å². The maximum atomic E-state index is 12.4. The van der Waals surface area contributed by atoms with E-state index in [4.69, 9.17) is 4.74 Å². The Bertz CT molecular complexity index is 916. The van der Waals surface area contributed by atoms with E-state index in [1.54, 1.807) is 25.6 Å². The maximum Gasteiger partial charge on any atom is 0.348 e. The van der Waals surface area contributed by atoms with Gasteiger partial charge in [-0.2, -0.15) is 11.8 Å². The molecule has 0 bridgehead atoms. The Morgan fingerprint density at radius 2 is 2.11 bits per heavy atom. The minimum atomic E-state index is -0.424. The van der Waals surface area contributed by atoms with E-state index in [0.717, 1.165) is 12.8 Å². The second-order valence-corrected chi connectivity index (χ2v) is 8.93. The number of carbonyl (C=O) groups is 2. The van der Waals surface area contributed by atoms with Crippen molar-refractivity contribution in [2.75, 3.05) is 12.4 Å². The number of aromatic amines is 1. The number of thiophene rings is 1. The SMILES string of the molecule is CCOC(=O)c1sc2nc(CSCCC(=O)NC3CCCC3)[nH]c(=O)c2c1C. The number of nitrogens with one attached hydrogen (secondary N) is 2. The number of amides is 1. The first-order chi connectivity index (χ1) is 13.5. The molecule has 1 aliphatic rings. The summed E-state index contributed by atoms with van der Waals surface area (Å²) in [7, 11) is 0. The molecule has 0 unspecified atom stereocenters. The van der Waals surface area contributed by atoms with Gasteiger partial charge in [-0.15, -0.1) is 11.3 Å². The molecule has 152 valence electrons. The number of hydrogen-bond donors (Lipinski definition) is 2. The van der Waals surface area contributed by atoms with Gasteiger partial charge in [0.15, 0.2) is 0 Å². The lowest BCUT2D eigenvalue weighted by Gasteiger charge is -2.11. The normalized spacial score (nSPS) is 14.5. The fraction of sp³-hybridized carbons (Fsp3) is 0.579. The van der Waals surface area contributed by atoms with Crippen LogP contribution >= 0.6 is 23.1 Å². The van der Waals surface area contributed by atoms with Crippen molar-refractivity contribution in [2.24, 2.45) is 0 Å². The molecule has 0 radical (unpaired) electrons. The van der Waals surface area contributed by atoms with Gasteiger partial charge in [-0.25, -0.2) is 9.78 Å². The second kappa shape index (κ2) is 9.56. The highest BCUT2D eigenvalue weighted by atomic mass is 32.2. The number of rotatable bonds is 8.